The highest BCUT2D eigenvalue weighted by atomic mass is 79.9. The van der Waals surface area contributed by atoms with E-state index in [1.807, 2.05) is 12.1 Å². The van der Waals surface area contributed by atoms with Gasteiger partial charge in [0, 0.05) is 9.86 Å². The van der Waals surface area contributed by atoms with Crippen molar-refractivity contribution < 1.29 is 23.5 Å². The summed E-state index contributed by atoms with van der Waals surface area (Å²) in [4.78, 5) is 23.7. The molecule has 31 heavy (non-hydrogen) atoms. The molecule has 3 aromatic rings. The second-order valence-corrected chi connectivity index (χ2v) is 8.61. The Morgan fingerprint density at radius 3 is 2.55 bits per heavy atom. The number of hydrogen-bond acceptors (Lipinski definition) is 6. The van der Waals surface area contributed by atoms with E-state index in [2.05, 4.69) is 42.4 Å². The molecule has 0 bridgehead atoms. The quantitative estimate of drug-likeness (QED) is 0.207. The van der Waals surface area contributed by atoms with Crippen molar-refractivity contribution in [3.05, 3.63) is 60.6 Å². The number of benzene rings is 2. The smallest absolute Gasteiger partial charge is 0.344 e. The largest absolute Gasteiger partial charge is 0.479 e. The molecule has 2 aromatic carbocycles. The van der Waals surface area contributed by atoms with Gasteiger partial charge in [0.25, 0.3) is 0 Å². The van der Waals surface area contributed by atoms with Crippen LogP contribution in [0, 0.1) is 0 Å². The topological polar surface area (TPSA) is 90.1 Å². The number of nitrogens with one attached hydrogen (secondary N) is 1. The number of esters is 1. The maximum absolute atomic E-state index is 12.3. The second-order valence-electron chi connectivity index (χ2n) is 6.02. The van der Waals surface area contributed by atoms with E-state index in [1.54, 1.807) is 13.0 Å². The number of hydrazone groups is 1. The van der Waals surface area contributed by atoms with E-state index in [1.165, 1.54) is 18.3 Å². The lowest BCUT2D eigenvalue weighted by Crippen LogP contribution is -2.16. The highest BCUT2D eigenvalue weighted by molar-refractivity contribution is 9.11. The summed E-state index contributed by atoms with van der Waals surface area (Å²) in [5.74, 6) is -0.809. The number of rotatable bonds is 7. The molecule has 3 rings (SSSR count). The van der Waals surface area contributed by atoms with Crippen molar-refractivity contribution in [1.29, 1.82) is 0 Å². The Morgan fingerprint density at radius 2 is 1.87 bits per heavy atom. The van der Waals surface area contributed by atoms with Crippen molar-refractivity contribution in [2.45, 2.75) is 6.92 Å². The average Bonchev–Trinajstić information content (AvgIpc) is 3.12. The minimum absolute atomic E-state index is 0.102. The van der Waals surface area contributed by atoms with E-state index in [0.717, 1.165) is 9.86 Å². The van der Waals surface area contributed by atoms with Gasteiger partial charge in [-0.25, -0.2) is 10.2 Å². The normalized spacial score (nSPS) is 11.1. The zero-order chi connectivity index (χ0) is 22.5. The number of nitrogens with zero attached hydrogens (tertiary/aromatic N) is 1. The molecule has 0 aliphatic carbocycles. The van der Waals surface area contributed by atoms with Crippen LogP contribution in [0.5, 0.6) is 5.75 Å². The monoisotopic (exact) mass is 590 g/mol. The molecule has 1 aromatic heterocycles. The Bertz CT molecular complexity index is 1160. The third kappa shape index (κ3) is 6.00. The van der Waals surface area contributed by atoms with Crippen LogP contribution in [0.4, 0.5) is 0 Å². The van der Waals surface area contributed by atoms with Crippen LogP contribution in [-0.2, 0) is 9.53 Å². The molecule has 0 saturated heterocycles. The summed E-state index contributed by atoms with van der Waals surface area (Å²) in [7, 11) is 0. The molecule has 0 unspecified atom stereocenters. The molecule has 0 radical (unpaired) electrons. The summed E-state index contributed by atoms with van der Waals surface area (Å²) in [5.41, 5.74) is 3.44. The van der Waals surface area contributed by atoms with Crippen molar-refractivity contribution in [2.24, 2.45) is 5.10 Å². The van der Waals surface area contributed by atoms with Gasteiger partial charge < -0.3 is 13.9 Å². The first-order valence-corrected chi connectivity index (χ1v) is 11.1. The van der Waals surface area contributed by atoms with Gasteiger partial charge in [-0.2, -0.15) is 5.10 Å². The van der Waals surface area contributed by atoms with Crippen molar-refractivity contribution in [2.75, 3.05) is 13.2 Å². The molecule has 1 heterocycles. The van der Waals surface area contributed by atoms with E-state index in [4.69, 9.17) is 37.1 Å². The Labute approximate surface area is 203 Å². The van der Waals surface area contributed by atoms with Crippen molar-refractivity contribution in [3.63, 3.8) is 0 Å². The summed E-state index contributed by atoms with van der Waals surface area (Å²) in [6, 6.07) is 8.32. The lowest BCUT2D eigenvalue weighted by Gasteiger charge is -2.10. The van der Waals surface area contributed by atoms with Gasteiger partial charge in [0.2, 0.25) is 0 Å². The number of carbonyl (C=O) groups is 2. The first-order chi connectivity index (χ1) is 14.8. The first kappa shape index (κ1) is 23.6. The predicted octanol–water partition coefficient (Wildman–Crippen LogP) is 5.97. The lowest BCUT2D eigenvalue weighted by atomic mass is 10.2. The van der Waals surface area contributed by atoms with Crippen LogP contribution in [-0.4, -0.2) is 31.3 Å². The fourth-order valence-electron chi connectivity index (χ4n) is 2.53. The van der Waals surface area contributed by atoms with Gasteiger partial charge in [0.15, 0.2) is 18.1 Å². The van der Waals surface area contributed by atoms with Gasteiger partial charge in [0.1, 0.15) is 5.58 Å². The third-order valence-electron chi connectivity index (χ3n) is 3.80. The van der Waals surface area contributed by atoms with Crippen molar-refractivity contribution in [1.82, 2.24) is 5.43 Å². The van der Waals surface area contributed by atoms with Crippen LogP contribution in [0.15, 0.2) is 48.8 Å². The molecule has 1 amide bonds. The standard InChI is InChI=1S/C20H14Br2Cl2N2O5/c1-2-29-17(27)9-30-19-14(23)3-10(4-15(19)24)8-25-26-20(28)16-6-11-5-12(21)7-13(22)18(11)31-16/h3-8H,2,9H2,1H3,(H,26,28)/b25-8-. The number of fused-ring (bicyclic) bond motifs is 1. The van der Waals surface area contributed by atoms with Gasteiger partial charge in [0.05, 0.1) is 27.3 Å². The van der Waals surface area contributed by atoms with Crippen molar-refractivity contribution in [3.8, 4) is 5.75 Å². The lowest BCUT2D eigenvalue weighted by molar-refractivity contribution is -0.145. The molecule has 162 valence electrons. The zero-order valence-electron chi connectivity index (χ0n) is 15.9. The van der Waals surface area contributed by atoms with Crippen LogP contribution >= 0.6 is 55.1 Å². The van der Waals surface area contributed by atoms with Gasteiger partial charge >= 0.3 is 11.9 Å². The number of furan rings is 1. The zero-order valence-corrected chi connectivity index (χ0v) is 20.6. The van der Waals surface area contributed by atoms with Gasteiger partial charge in [-0.05, 0) is 58.7 Å². The molecular weight excluding hydrogens is 579 g/mol. The van der Waals surface area contributed by atoms with Crippen LogP contribution in [0.25, 0.3) is 11.0 Å². The molecule has 0 saturated carbocycles. The third-order valence-corrected chi connectivity index (χ3v) is 5.41. The highest BCUT2D eigenvalue weighted by Gasteiger charge is 2.15. The summed E-state index contributed by atoms with van der Waals surface area (Å²) in [6.45, 7) is 1.62. The average molecular weight is 593 g/mol. The number of halogens is 4. The molecule has 0 atom stereocenters. The van der Waals surface area contributed by atoms with Crippen LogP contribution in [0.2, 0.25) is 10.0 Å². The number of ether oxygens (including phenoxy) is 2. The van der Waals surface area contributed by atoms with Crippen LogP contribution in [0.1, 0.15) is 23.0 Å². The summed E-state index contributed by atoms with van der Waals surface area (Å²) < 4.78 is 17.2. The minimum atomic E-state index is -0.534. The van der Waals surface area contributed by atoms with Gasteiger partial charge in [-0.15, -0.1) is 0 Å². The maximum Gasteiger partial charge on any atom is 0.344 e. The summed E-state index contributed by atoms with van der Waals surface area (Å²) in [5, 5.41) is 5.01. The molecule has 7 nitrogen and oxygen atoms in total. The SMILES string of the molecule is CCOC(=O)COc1c(Cl)cc(/C=N\NC(=O)c2cc3cc(Br)cc(Br)c3o2)cc1Cl. The van der Waals surface area contributed by atoms with E-state index in [0.29, 0.717) is 15.6 Å². The fourth-order valence-corrected chi connectivity index (χ4v) is 4.49. The van der Waals surface area contributed by atoms with E-state index in [-0.39, 0.29) is 34.8 Å². The molecule has 11 heteroatoms. The number of hydrogen-bond donors (Lipinski definition) is 1. The Balaban J connectivity index is 1.67. The van der Waals surface area contributed by atoms with E-state index >= 15 is 0 Å². The van der Waals surface area contributed by atoms with Gasteiger partial charge in [-0.1, -0.05) is 39.1 Å². The molecular formula is C20H14Br2Cl2N2O5. The van der Waals surface area contributed by atoms with Crippen LogP contribution in [0.3, 0.4) is 0 Å². The summed E-state index contributed by atoms with van der Waals surface area (Å²) >= 11 is 19.1. The van der Waals surface area contributed by atoms with Crippen molar-refractivity contribution >= 4 is 84.1 Å². The second kappa shape index (κ2) is 10.5. The highest BCUT2D eigenvalue weighted by Crippen LogP contribution is 2.34. The van der Waals surface area contributed by atoms with E-state index in [9.17, 15) is 9.59 Å². The number of carbonyl (C=O) groups excluding carboxylic acids is 2. The first-order valence-electron chi connectivity index (χ1n) is 8.78. The molecule has 1 N–H and O–H groups in total. The molecule has 0 aliphatic rings. The van der Waals surface area contributed by atoms with Gasteiger partial charge in [-0.3, -0.25) is 4.79 Å². The Hall–Kier alpha value is -2.07. The fraction of sp³-hybridized carbons (Fsp3) is 0.150. The Kier molecular flexibility index (Phi) is 7.99. The summed E-state index contributed by atoms with van der Waals surface area (Å²) in [6.07, 6.45) is 1.36. The maximum atomic E-state index is 12.3. The molecule has 0 fully saturated rings. The van der Waals surface area contributed by atoms with E-state index < -0.39 is 11.9 Å². The Morgan fingerprint density at radius 1 is 1.16 bits per heavy atom. The molecule has 0 spiro atoms. The number of amides is 1. The van der Waals surface area contributed by atoms with Crippen LogP contribution < -0.4 is 10.2 Å². The predicted molar refractivity (Wildman–Crippen MR) is 125 cm³/mol. The minimum Gasteiger partial charge on any atom is -0.479 e. The molecule has 0 aliphatic heterocycles.